The van der Waals surface area contributed by atoms with E-state index < -0.39 is 0 Å². The molecule has 0 atom stereocenters. The van der Waals surface area contributed by atoms with E-state index in [4.69, 9.17) is 0 Å². The highest BCUT2D eigenvalue weighted by Gasteiger charge is 2.18. The molecular formula is C19H27NO. The van der Waals surface area contributed by atoms with Crippen LogP contribution in [-0.4, -0.2) is 11.9 Å². The van der Waals surface area contributed by atoms with E-state index in [1.165, 1.54) is 18.4 Å². The fourth-order valence-electron chi connectivity index (χ4n) is 2.93. The summed E-state index contributed by atoms with van der Waals surface area (Å²) in [7, 11) is 0. The third-order valence-corrected chi connectivity index (χ3v) is 4.39. The van der Waals surface area contributed by atoms with Crippen molar-refractivity contribution in [2.24, 2.45) is 5.92 Å². The van der Waals surface area contributed by atoms with E-state index >= 15 is 0 Å². The number of rotatable bonds is 5. The first-order valence-electron chi connectivity index (χ1n) is 8.15. The van der Waals surface area contributed by atoms with Crippen molar-refractivity contribution in [1.29, 1.82) is 0 Å². The van der Waals surface area contributed by atoms with Crippen LogP contribution in [0.2, 0.25) is 0 Å². The lowest BCUT2D eigenvalue weighted by Gasteiger charge is -2.26. The van der Waals surface area contributed by atoms with Crippen molar-refractivity contribution in [2.75, 3.05) is 0 Å². The fourth-order valence-corrected chi connectivity index (χ4v) is 2.93. The smallest absolute Gasteiger partial charge is 0.244 e. The van der Waals surface area contributed by atoms with Gasteiger partial charge in [-0.15, -0.1) is 0 Å². The van der Waals surface area contributed by atoms with Gasteiger partial charge in [0.1, 0.15) is 0 Å². The number of hydrogen-bond acceptors (Lipinski definition) is 1. The molecule has 2 nitrogen and oxygen atoms in total. The molecule has 0 aliphatic heterocycles. The number of amides is 1. The van der Waals surface area contributed by atoms with Crippen LogP contribution in [0.4, 0.5) is 0 Å². The van der Waals surface area contributed by atoms with Gasteiger partial charge in [0.25, 0.3) is 0 Å². The lowest BCUT2D eigenvalue weighted by Crippen LogP contribution is -2.36. The molecule has 1 amide bonds. The van der Waals surface area contributed by atoms with Gasteiger partial charge in [0.2, 0.25) is 5.91 Å². The summed E-state index contributed by atoms with van der Waals surface area (Å²) < 4.78 is 0. The van der Waals surface area contributed by atoms with Crippen LogP contribution in [0.3, 0.4) is 0 Å². The molecule has 1 aliphatic rings. The standard InChI is InChI=1S/C19H27NO/c1-15-9-12-18(13-10-15)20-19(21)14-16(2)8-11-17-6-4-3-5-7-17/h3-7,14-15,18H,8-13H2,1-2H3,(H,20,21). The van der Waals surface area contributed by atoms with Gasteiger partial charge in [0.15, 0.2) is 0 Å². The summed E-state index contributed by atoms with van der Waals surface area (Å²) in [6.45, 7) is 4.34. The zero-order valence-corrected chi connectivity index (χ0v) is 13.3. The van der Waals surface area contributed by atoms with E-state index in [0.717, 1.165) is 37.2 Å². The molecule has 1 saturated carbocycles. The third kappa shape index (κ3) is 5.74. The second kappa shape index (κ2) is 8.02. The molecular weight excluding hydrogens is 258 g/mol. The second-order valence-electron chi connectivity index (χ2n) is 6.44. The normalized spacial score (nSPS) is 22.9. The maximum absolute atomic E-state index is 12.0. The molecule has 1 aromatic rings. The van der Waals surface area contributed by atoms with Crippen LogP contribution in [0.15, 0.2) is 42.0 Å². The summed E-state index contributed by atoms with van der Waals surface area (Å²) in [6.07, 6.45) is 8.45. The van der Waals surface area contributed by atoms with Gasteiger partial charge in [-0.2, -0.15) is 0 Å². The number of nitrogens with one attached hydrogen (secondary N) is 1. The predicted octanol–water partition coefficient (Wildman–Crippen LogP) is 4.26. The van der Waals surface area contributed by atoms with Crippen LogP contribution in [0.25, 0.3) is 0 Å². The molecule has 0 unspecified atom stereocenters. The molecule has 1 aromatic carbocycles. The van der Waals surface area contributed by atoms with Crippen molar-refractivity contribution in [3.05, 3.63) is 47.5 Å². The Balaban J connectivity index is 1.74. The van der Waals surface area contributed by atoms with Gasteiger partial charge in [0.05, 0.1) is 0 Å². The summed E-state index contributed by atoms with van der Waals surface area (Å²) in [5, 5.41) is 3.15. The highest BCUT2D eigenvalue weighted by atomic mass is 16.1. The minimum absolute atomic E-state index is 0.0834. The SMILES string of the molecule is CC(=CC(=O)NC1CCC(C)CC1)CCc1ccccc1. The van der Waals surface area contributed by atoms with Crippen LogP contribution in [0.1, 0.15) is 51.5 Å². The Labute approximate surface area is 128 Å². The van der Waals surface area contributed by atoms with Crippen molar-refractivity contribution < 1.29 is 4.79 Å². The Morgan fingerprint density at radius 2 is 1.86 bits per heavy atom. The van der Waals surface area contributed by atoms with Gasteiger partial charge >= 0.3 is 0 Å². The lowest BCUT2D eigenvalue weighted by atomic mass is 9.87. The van der Waals surface area contributed by atoms with E-state index in [-0.39, 0.29) is 5.91 Å². The Hall–Kier alpha value is -1.57. The van der Waals surface area contributed by atoms with Crippen LogP contribution in [-0.2, 0) is 11.2 Å². The highest BCUT2D eigenvalue weighted by molar-refractivity contribution is 5.88. The second-order valence-corrected chi connectivity index (χ2v) is 6.44. The van der Waals surface area contributed by atoms with E-state index in [2.05, 4.69) is 36.5 Å². The first kappa shape index (κ1) is 15.8. The minimum atomic E-state index is 0.0834. The fraction of sp³-hybridized carbons (Fsp3) is 0.526. The number of allylic oxidation sites excluding steroid dienone is 1. The Kier molecular flexibility index (Phi) is 6.04. The van der Waals surface area contributed by atoms with Crippen LogP contribution >= 0.6 is 0 Å². The molecule has 21 heavy (non-hydrogen) atoms. The van der Waals surface area contributed by atoms with Crippen LogP contribution in [0, 0.1) is 5.92 Å². The zero-order chi connectivity index (χ0) is 15.1. The van der Waals surface area contributed by atoms with E-state index in [1.54, 1.807) is 6.08 Å². The lowest BCUT2D eigenvalue weighted by molar-refractivity contribution is -0.117. The number of benzene rings is 1. The molecule has 1 aliphatic carbocycles. The van der Waals surface area contributed by atoms with Gasteiger partial charge < -0.3 is 5.32 Å². The summed E-state index contributed by atoms with van der Waals surface area (Å²) in [5.41, 5.74) is 2.48. The van der Waals surface area contributed by atoms with Gasteiger partial charge in [-0.3, -0.25) is 4.79 Å². The topological polar surface area (TPSA) is 29.1 Å². The third-order valence-electron chi connectivity index (χ3n) is 4.39. The number of hydrogen-bond donors (Lipinski definition) is 1. The largest absolute Gasteiger partial charge is 0.350 e. The first-order chi connectivity index (χ1) is 10.1. The monoisotopic (exact) mass is 285 g/mol. The van der Waals surface area contributed by atoms with Crippen molar-refractivity contribution >= 4 is 5.91 Å². The quantitative estimate of drug-likeness (QED) is 0.805. The highest BCUT2D eigenvalue weighted by Crippen LogP contribution is 2.23. The maximum Gasteiger partial charge on any atom is 0.244 e. The van der Waals surface area contributed by atoms with Crippen molar-refractivity contribution in [3.8, 4) is 0 Å². The predicted molar refractivity (Wildman–Crippen MR) is 88.1 cm³/mol. The molecule has 2 rings (SSSR count). The maximum atomic E-state index is 12.0. The van der Waals surface area contributed by atoms with Crippen molar-refractivity contribution in [3.63, 3.8) is 0 Å². The summed E-state index contributed by atoms with van der Waals surface area (Å²) >= 11 is 0. The average molecular weight is 285 g/mol. The van der Waals surface area contributed by atoms with Crippen LogP contribution < -0.4 is 5.32 Å². The molecule has 0 spiro atoms. The molecule has 0 saturated heterocycles. The van der Waals surface area contributed by atoms with Gasteiger partial charge in [-0.1, -0.05) is 42.8 Å². The van der Waals surface area contributed by atoms with Gasteiger partial charge in [-0.25, -0.2) is 0 Å². The minimum Gasteiger partial charge on any atom is -0.350 e. The molecule has 0 aromatic heterocycles. The summed E-state index contributed by atoms with van der Waals surface area (Å²) in [6, 6.07) is 10.8. The zero-order valence-electron chi connectivity index (χ0n) is 13.3. The van der Waals surface area contributed by atoms with Gasteiger partial charge in [-0.05, 0) is 56.9 Å². The molecule has 1 fully saturated rings. The van der Waals surface area contributed by atoms with Gasteiger partial charge in [0, 0.05) is 12.1 Å². The average Bonchev–Trinajstić information content (AvgIpc) is 2.48. The van der Waals surface area contributed by atoms with Crippen molar-refractivity contribution in [2.45, 2.75) is 58.4 Å². The van der Waals surface area contributed by atoms with E-state index in [9.17, 15) is 4.79 Å². The van der Waals surface area contributed by atoms with E-state index in [0.29, 0.717) is 6.04 Å². The molecule has 114 valence electrons. The Morgan fingerprint density at radius 1 is 1.19 bits per heavy atom. The number of carbonyl (C=O) groups is 1. The summed E-state index contributed by atoms with van der Waals surface area (Å²) in [5.74, 6) is 0.904. The number of carbonyl (C=O) groups excluding carboxylic acids is 1. The number of aryl methyl sites for hydroxylation is 1. The first-order valence-corrected chi connectivity index (χ1v) is 8.15. The molecule has 0 bridgehead atoms. The Morgan fingerprint density at radius 3 is 2.52 bits per heavy atom. The van der Waals surface area contributed by atoms with Crippen LogP contribution in [0.5, 0.6) is 0 Å². The van der Waals surface area contributed by atoms with Crippen molar-refractivity contribution in [1.82, 2.24) is 5.32 Å². The van der Waals surface area contributed by atoms with E-state index in [1.807, 2.05) is 13.0 Å². The molecule has 2 heteroatoms. The summed E-state index contributed by atoms with van der Waals surface area (Å²) in [4.78, 5) is 12.0. The Bertz CT molecular complexity index is 470. The molecule has 0 radical (unpaired) electrons. The molecule has 1 N–H and O–H groups in total. The molecule has 0 heterocycles.